The van der Waals surface area contributed by atoms with Crippen molar-refractivity contribution in [3.05, 3.63) is 5.70 Å². The molecule has 0 aromatic heterocycles. The molecule has 0 fully saturated rings. The van der Waals surface area contributed by atoms with Crippen LogP contribution in [0.3, 0.4) is 0 Å². The third-order valence-corrected chi connectivity index (χ3v) is 0.559. The predicted octanol–water partition coefficient (Wildman–Crippen LogP) is -1.20. The zero-order valence-electron chi connectivity index (χ0n) is 3.43. The molecule has 0 saturated carbocycles. The molecule has 0 aromatic carbocycles. The molecule has 1 rings (SSSR count). The maximum Gasteiger partial charge on any atom is 0.160 e. The Bertz CT molecular complexity index is 144. The molecule has 4 heteroatoms. The highest BCUT2D eigenvalue weighted by Gasteiger charge is 1.94. The number of hydrogen-bond acceptors (Lipinski definition) is 4. The Kier molecular flexibility index (Phi) is 0.805. The van der Waals surface area contributed by atoms with Gasteiger partial charge in [-0.15, -0.1) is 0 Å². The minimum atomic E-state index is 0.333. The van der Waals surface area contributed by atoms with Gasteiger partial charge in [0, 0.05) is 0 Å². The maximum absolute atomic E-state index is 9.65. The van der Waals surface area contributed by atoms with Gasteiger partial charge >= 0.3 is 0 Å². The van der Waals surface area contributed by atoms with Gasteiger partial charge in [0.15, 0.2) is 11.6 Å². The normalized spacial score (nSPS) is 15.1. The average Bonchev–Trinajstić information content (AvgIpc) is 2.14. The van der Waals surface area contributed by atoms with Crippen molar-refractivity contribution in [1.29, 1.82) is 0 Å². The monoisotopic (exact) mass is 97.0 g/mol. The number of carbonyl (C=O) groups excluding carboxylic acids is 1. The summed E-state index contributed by atoms with van der Waals surface area (Å²) >= 11 is 0. The SMILES string of the molecule is O=C=C1C=NNN1. The molecular weight excluding hydrogens is 94.1 g/mol. The zero-order chi connectivity index (χ0) is 5.11. The second-order valence-corrected chi connectivity index (χ2v) is 1.01. The Hall–Kier alpha value is -1.28. The average molecular weight is 97.1 g/mol. The van der Waals surface area contributed by atoms with Crippen LogP contribution >= 0.6 is 0 Å². The summed E-state index contributed by atoms with van der Waals surface area (Å²) in [7, 11) is 0. The van der Waals surface area contributed by atoms with E-state index in [-0.39, 0.29) is 0 Å². The summed E-state index contributed by atoms with van der Waals surface area (Å²) in [5.74, 6) is 1.61. The van der Waals surface area contributed by atoms with Crippen molar-refractivity contribution in [1.82, 2.24) is 11.0 Å². The van der Waals surface area contributed by atoms with Gasteiger partial charge in [0.2, 0.25) is 0 Å². The van der Waals surface area contributed by atoms with E-state index in [1.807, 2.05) is 0 Å². The van der Waals surface area contributed by atoms with Crippen molar-refractivity contribution in [2.45, 2.75) is 0 Å². The summed E-state index contributed by atoms with van der Waals surface area (Å²) < 4.78 is 0. The summed E-state index contributed by atoms with van der Waals surface area (Å²) in [5.41, 5.74) is 5.10. The van der Waals surface area contributed by atoms with Crippen LogP contribution < -0.4 is 11.0 Å². The molecule has 0 unspecified atom stereocenters. The van der Waals surface area contributed by atoms with Crippen LogP contribution in [0.25, 0.3) is 0 Å². The smallest absolute Gasteiger partial charge is 0.160 e. The highest BCUT2D eigenvalue weighted by atomic mass is 16.1. The Morgan fingerprint density at radius 1 is 1.86 bits per heavy atom. The Morgan fingerprint density at radius 3 is 3.00 bits per heavy atom. The summed E-state index contributed by atoms with van der Waals surface area (Å²) in [4.78, 5) is 9.65. The second kappa shape index (κ2) is 1.45. The van der Waals surface area contributed by atoms with Crippen molar-refractivity contribution in [2.75, 3.05) is 0 Å². The van der Waals surface area contributed by atoms with Crippen LogP contribution in [-0.2, 0) is 4.79 Å². The molecule has 1 aliphatic rings. The fourth-order valence-corrected chi connectivity index (χ4v) is 0.273. The van der Waals surface area contributed by atoms with Crippen LogP contribution in [0.2, 0.25) is 0 Å². The Labute approximate surface area is 39.9 Å². The highest BCUT2D eigenvalue weighted by Crippen LogP contribution is 1.76. The molecule has 0 aromatic rings. The molecule has 7 heavy (non-hydrogen) atoms. The van der Waals surface area contributed by atoms with Gasteiger partial charge in [0.05, 0.1) is 6.21 Å². The first-order valence-corrected chi connectivity index (χ1v) is 1.72. The van der Waals surface area contributed by atoms with Crippen LogP contribution in [0.15, 0.2) is 10.8 Å². The fraction of sp³-hybridized carbons (Fsp3) is 0. The van der Waals surface area contributed by atoms with E-state index in [0.29, 0.717) is 5.70 Å². The Morgan fingerprint density at radius 2 is 2.71 bits per heavy atom. The lowest BCUT2D eigenvalue weighted by Gasteiger charge is -1.85. The van der Waals surface area contributed by atoms with E-state index in [9.17, 15) is 4.79 Å². The first-order valence-electron chi connectivity index (χ1n) is 1.72. The topological polar surface area (TPSA) is 53.5 Å². The van der Waals surface area contributed by atoms with Crippen molar-refractivity contribution in [2.24, 2.45) is 5.10 Å². The molecule has 36 valence electrons. The van der Waals surface area contributed by atoms with Crippen molar-refractivity contribution in [3.8, 4) is 0 Å². The van der Waals surface area contributed by atoms with E-state index in [1.165, 1.54) is 6.21 Å². The van der Waals surface area contributed by atoms with Crippen molar-refractivity contribution < 1.29 is 4.79 Å². The molecule has 0 saturated heterocycles. The van der Waals surface area contributed by atoms with E-state index >= 15 is 0 Å². The Balaban J connectivity index is 2.77. The molecule has 2 N–H and O–H groups in total. The summed E-state index contributed by atoms with van der Waals surface area (Å²) in [6.07, 6.45) is 1.35. The van der Waals surface area contributed by atoms with Crippen LogP contribution in [0.1, 0.15) is 0 Å². The number of hydrazone groups is 1. The minimum Gasteiger partial charge on any atom is -0.273 e. The molecule has 0 spiro atoms. The molecule has 1 aliphatic heterocycles. The van der Waals surface area contributed by atoms with E-state index in [2.05, 4.69) is 16.1 Å². The number of allylic oxidation sites excluding steroid dienone is 1. The van der Waals surface area contributed by atoms with E-state index in [0.717, 1.165) is 0 Å². The lowest BCUT2D eigenvalue weighted by atomic mass is 10.6. The summed E-state index contributed by atoms with van der Waals surface area (Å²) in [6.45, 7) is 0. The lowest BCUT2D eigenvalue weighted by Crippen LogP contribution is -2.19. The largest absolute Gasteiger partial charge is 0.273 e. The standard InChI is InChI=1S/C3H3N3O/c7-2-3-1-4-6-5-3/h1,5-6H. The molecule has 1 heterocycles. The highest BCUT2D eigenvalue weighted by molar-refractivity contribution is 5.89. The number of nitrogens with zero attached hydrogens (tertiary/aromatic N) is 1. The molecule has 0 amide bonds. The third kappa shape index (κ3) is 0.586. The van der Waals surface area contributed by atoms with E-state index in [4.69, 9.17) is 0 Å². The van der Waals surface area contributed by atoms with Crippen LogP contribution in [0, 0.1) is 0 Å². The van der Waals surface area contributed by atoms with Gasteiger partial charge in [-0.1, -0.05) is 0 Å². The number of nitrogens with one attached hydrogen (secondary N) is 2. The van der Waals surface area contributed by atoms with Crippen molar-refractivity contribution >= 4 is 12.2 Å². The van der Waals surface area contributed by atoms with Gasteiger partial charge in [-0.25, -0.2) is 10.3 Å². The number of rotatable bonds is 0. The first-order chi connectivity index (χ1) is 3.43. The quantitative estimate of drug-likeness (QED) is 0.373. The lowest BCUT2D eigenvalue weighted by molar-refractivity contribution is 0.564. The van der Waals surface area contributed by atoms with Crippen LogP contribution in [0.5, 0.6) is 0 Å². The molecule has 0 radical (unpaired) electrons. The van der Waals surface area contributed by atoms with Crippen LogP contribution in [0.4, 0.5) is 0 Å². The van der Waals surface area contributed by atoms with Gasteiger partial charge in [-0.3, -0.25) is 5.43 Å². The van der Waals surface area contributed by atoms with Gasteiger partial charge in [-0.2, -0.15) is 5.10 Å². The number of hydrazine groups is 1. The molecule has 0 aliphatic carbocycles. The van der Waals surface area contributed by atoms with E-state index in [1.54, 1.807) is 5.94 Å². The predicted molar refractivity (Wildman–Crippen MR) is 24.0 cm³/mol. The molecule has 0 atom stereocenters. The van der Waals surface area contributed by atoms with Crippen molar-refractivity contribution in [3.63, 3.8) is 0 Å². The maximum atomic E-state index is 9.65. The zero-order valence-corrected chi connectivity index (χ0v) is 3.43. The van der Waals surface area contributed by atoms with Crippen LogP contribution in [-0.4, -0.2) is 12.2 Å². The van der Waals surface area contributed by atoms with Gasteiger partial charge in [-0.05, 0) is 0 Å². The first kappa shape index (κ1) is 3.89. The minimum absolute atomic E-state index is 0.333. The number of hydrogen-bond donors (Lipinski definition) is 2. The summed E-state index contributed by atoms with van der Waals surface area (Å²) in [5, 5.41) is 3.45. The van der Waals surface area contributed by atoms with Gasteiger partial charge in [0.25, 0.3) is 0 Å². The molecule has 0 bridgehead atoms. The molecular formula is C3H3N3O. The molecule has 4 nitrogen and oxygen atoms in total. The fourth-order valence-electron chi connectivity index (χ4n) is 0.273. The third-order valence-electron chi connectivity index (χ3n) is 0.559. The van der Waals surface area contributed by atoms with E-state index < -0.39 is 0 Å². The van der Waals surface area contributed by atoms with Gasteiger partial charge in [0.1, 0.15) is 0 Å². The van der Waals surface area contributed by atoms with Gasteiger partial charge < -0.3 is 0 Å². The second-order valence-electron chi connectivity index (χ2n) is 1.01. The summed E-state index contributed by atoms with van der Waals surface area (Å²) in [6, 6.07) is 0.